The predicted octanol–water partition coefficient (Wildman–Crippen LogP) is 2.39. The van der Waals surface area contributed by atoms with Crippen molar-refractivity contribution < 1.29 is 19.4 Å². The van der Waals surface area contributed by atoms with E-state index in [2.05, 4.69) is 22.6 Å². The number of rotatable bonds is 5. The molecule has 6 heteroatoms. The molecular weight excluding hydrogens is 385 g/mol. The van der Waals surface area contributed by atoms with Crippen molar-refractivity contribution in [3.8, 4) is 0 Å². The Labute approximate surface area is 137 Å². The molecule has 21 heavy (non-hydrogen) atoms. The fourth-order valence-corrected chi connectivity index (χ4v) is 2.89. The molecule has 0 bridgehead atoms. The number of benzene rings is 1. The number of carbonyl (C=O) groups excluding carboxylic acids is 1. The molecule has 1 aromatic rings. The van der Waals surface area contributed by atoms with E-state index < -0.39 is 5.97 Å². The van der Waals surface area contributed by atoms with Gasteiger partial charge in [0.05, 0.1) is 19.1 Å². The van der Waals surface area contributed by atoms with Crippen LogP contribution >= 0.6 is 22.6 Å². The second-order valence-electron chi connectivity index (χ2n) is 5.02. The normalized spacial score (nSPS) is 16.0. The first-order valence-electron chi connectivity index (χ1n) is 6.94. The maximum absolute atomic E-state index is 12.4. The molecule has 1 amide bonds. The van der Waals surface area contributed by atoms with Crippen LogP contribution < -0.4 is 0 Å². The van der Waals surface area contributed by atoms with Gasteiger partial charge in [-0.2, -0.15) is 0 Å². The molecule has 114 valence electrons. The van der Waals surface area contributed by atoms with Gasteiger partial charge in [0, 0.05) is 22.2 Å². The number of ether oxygens (including phenoxy) is 1. The largest absolute Gasteiger partial charge is 0.481 e. The Morgan fingerprint density at radius 2 is 2.05 bits per heavy atom. The number of halogens is 1. The Hall–Kier alpha value is -1.15. The van der Waals surface area contributed by atoms with Crippen LogP contribution in [0.5, 0.6) is 0 Å². The molecule has 5 nitrogen and oxygen atoms in total. The van der Waals surface area contributed by atoms with E-state index in [1.807, 2.05) is 29.2 Å². The molecule has 1 saturated heterocycles. The van der Waals surface area contributed by atoms with Crippen LogP contribution in [0.3, 0.4) is 0 Å². The van der Waals surface area contributed by atoms with Crippen molar-refractivity contribution in [2.45, 2.75) is 25.4 Å². The lowest BCUT2D eigenvalue weighted by atomic mass is 10.1. The van der Waals surface area contributed by atoms with Crippen molar-refractivity contribution in [2.24, 2.45) is 0 Å². The molecule has 0 saturated carbocycles. The van der Waals surface area contributed by atoms with Crippen LogP contribution in [0.1, 0.15) is 29.6 Å². The lowest BCUT2D eigenvalue weighted by molar-refractivity contribution is -0.138. The van der Waals surface area contributed by atoms with E-state index in [9.17, 15) is 9.59 Å². The highest BCUT2D eigenvalue weighted by Gasteiger charge is 2.24. The van der Waals surface area contributed by atoms with Crippen LogP contribution in [0.4, 0.5) is 0 Å². The maximum Gasteiger partial charge on any atom is 0.305 e. The Morgan fingerprint density at radius 1 is 1.33 bits per heavy atom. The molecule has 1 fully saturated rings. The van der Waals surface area contributed by atoms with E-state index in [-0.39, 0.29) is 25.0 Å². The topological polar surface area (TPSA) is 66.8 Å². The van der Waals surface area contributed by atoms with Gasteiger partial charge in [-0.25, -0.2) is 0 Å². The number of piperidine rings is 1. The van der Waals surface area contributed by atoms with Crippen molar-refractivity contribution in [1.82, 2.24) is 4.90 Å². The number of likely N-dealkylation sites (tertiary alicyclic amines) is 1. The average molecular weight is 403 g/mol. The number of carbonyl (C=O) groups is 2. The molecular formula is C15H18INO4. The molecule has 1 aliphatic rings. The highest BCUT2D eigenvalue weighted by molar-refractivity contribution is 14.1. The summed E-state index contributed by atoms with van der Waals surface area (Å²) in [5.74, 6) is -0.793. The Balaban J connectivity index is 1.81. The Morgan fingerprint density at radius 3 is 2.67 bits per heavy atom. The third-order valence-electron chi connectivity index (χ3n) is 3.47. The van der Waals surface area contributed by atoms with Gasteiger partial charge in [0.15, 0.2) is 0 Å². The summed E-state index contributed by atoms with van der Waals surface area (Å²) in [6, 6.07) is 7.56. The lowest BCUT2D eigenvalue weighted by Gasteiger charge is -2.32. The van der Waals surface area contributed by atoms with Crippen molar-refractivity contribution >= 4 is 34.5 Å². The minimum absolute atomic E-state index is 0.0294. The van der Waals surface area contributed by atoms with Gasteiger partial charge in [-0.15, -0.1) is 0 Å². The lowest BCUT2D eigenvalue weighted by Crippen LogP contribution is -2.41. The molecule has 0 aliphatic carbocycles. The number of hydrogen-bond donors (Lipinski definition) is 1. The van der Waals surface area contributed by atoms with Crippen molar-refractivity contribution in [3.05, 3.63) is 33.4 Å². The van der Waals surface area contributed by atoms with Gasteiger partial charge in [-0.05, 0) is 53.6 Å². The molecule has 0 radical (unpaired) electrons. The van der Waals surface area contributed by atoms with Gasteiger partial charge in [0.2, 0.25) is 0 Å². The quantitative estimate of drug-likeness (QED) is 0.767. The Kier molecular flexibility index (Phi) is 5.98. The van der Waals surface area contributed by atoms with Crippen LogP contribution in [-0.4, -0.2) is 47.7 Å². The zero-order valence-corrected chi connectivity index (χ0v) is 13.8. The van der Waals surface area contributed by atoms with Crippen LogP contribution in [0.25, 0.3) is 0 Å². The molecule has 1 aliphatic heterocycles. The van der Waals surface area contributed by atoms with Gasteiger partial charge >= 0.3 is 5.97 Å². The number of hydrogen-bond acceptors (Lipinski definition) is 3. The third kappa shape index (κ3) is 4.96. The van der Waals surface area contributed by atoms with Gasteiger partial charge in [-0.1, -0.05) is 6.07 Å². The zero-order valence-electron chi connectivity index (χ0n) is 11.6. The Bertz CT molecular complexity index is 512. The number of aliphatic carboxylic acids is 1. The van der Waals surface area contributed by atoms with E-state index in [4.69, 9.17) is 9.84 Å². The SMILES string of the molecule is O=C(O)CCOC1CCN(C(=O)c2cccc(I)c2)CC1. The predicted molar refractivity (Wildman–Crippen MR) is 86.3 cm³/mol. The van der Waals surface area contributed by atoms with Crippen LogP contribution in [0, 0.1) is 3.57 Å². The minimum Gasteiger partial charge on any atom is -0.481 e. The van der Waals surface area contributed by atoms with Crippen molar-refractivity contribution in [2.75, 3.05) is 19.7 Å². The van der Waals surface area contributed by atoms with E-state index in [1.54, 1.807) is 0 Å². The molecule has 0 spiro atoms. The molecule has 1 aromatic carbocycles. The molecule has 0 aromatic heterocycles. The van der Waals surface area contributed by atoms with E-state index in [0.29, 0.717) is 18.7 Å². The molecule has 1 heterocycles. The van der Waals surface area contributed by atoms with Gasteiger partial charge in [0.25, 0.3) is 5.91 Å². The molecule has 0 atom stereocenters. The van der Waals surface area contributed by atoms with E-state index in [1.165, 1.54) is 0 Å². The summed E-state index contributed by atoms with van der Waals surface area (Å²) in [5, 5.41) is 8.57. The summed E-state index contributed by atoms with van der Waals surface area (Å²) in [5.41, 5.74) is 0.715. The van der Waals surface area contributed by atoms with Crippen LogP contribution in [0.15, 0.2) is 24.3 Å². The number of carboxylic acid groups (broad SMARTS) is 1. The monoisotopic (exact) mass is 403 g/mol. The summed E-state index contributed by atoms with van der Waals surface area (Å²) in [6.45, 7) is 1.55. The third-order valence-corrected chi connectivity index (χ3v) is 4.14. The second kappa shape index (κ2) is 7.74. The summed E-state index contributed by atoms with van der Waals surface area (Å²) < 4.78 is 6.57. The molecule has 1 N–H and O–H groups in total. The summed E-state index contributed by atoms with van der Waals surface area (Å²) in [7, 11) is 0. The smallest absolute Gasteiger partial charge is 0.305 e. The summed E-state index contributed by atoms with van der Waals surface area (Å²) in [4.78, 5) is 24.6. The van der Waals surface area contributed by atoms with Crippen LogP contribution in [0.2, 0.25) is 0 Å². The highest BCUT2D eigenvalue weighted by Crippen LogP contribution is 2.17. The molecule has 0 unspecified atom stereocenters. The van der Waals surface area contributed by atoms with Gasteiger partial charge in [-0.3, -0.25) is 9.59 Å². The first-order chi connectivity index (χ1) is 10.1. The standard InChI is InChI=1S/C15H18INO4/c16-12-3-1-2-11(10-12)15(20)17-7-4-13(5-8-17)21-9-6-14(18)19/h1-3,10,13H,4-9H2,(H,18,19). The number of nitrogens with zero attached hydrogens (tertiary/aromatic N) is 1. The number of carboxylic acids is 1. The fourth-order valence-electron chi connectivity index (χ4n) is 2.34. The highest BCUT2D eigenvalue weighted by atomic mass is 127. The summed E-state index contributed by atoms with van der Waals surface area (Å²) >= 11 is 2.19. The van der Waals surface area contributed by atoms with Gasteiger partial charge in [0.1, 0.15) is 0 Å². The van der Waals surface area contributed by atoms with Gasteiger partial charge < -0.3 is 14.7 Å². The van der Waals surface area contributed by atoms with Crippen LogP contribution in [-0.2, 0) is 9.53 Å². The first-order valence-corrected chi connectivity index (χ1v) is 8.02. The van der Waals surface area contributed by atoms with E-state index in [0.717, 1.165) is 16.4 Å². The van der Waals surface area contributed by atoms with Crippen molar-refractivity contribution in [3.63, 3.8) is 0 Å². The minimum atomic E-state index is -0.846. The summed E-state index contributed by atoms with van der Waals surface area (Å²) in [6.07, 6.45) is 1.61. The average Bonchev–Trinajstić information content (AvgIpc) is 2.47. The van der Waals surface area contributed by atoms with Crippen molar-refractivity contribution in [1.29, 1.82) is 0 Å². The molecule has 2 rings (SSSR count). The maximum atomic E-state index is 12.4. The second-order valence-corrected chi connectivity index (χ2v) is 6.26. The zero-order chi connectivity index (χ0) is 15.2. The fraction of sp³-hybridized carbons (Fsp3) is 0.467. The number of amides is 1. The van der Waals surface area contributed by atoms with E-state index >= 15 is 0 Å². The first kappa shape index (κ1) is 16.2.